The third-order valence-corrected chi connectivity index (χ3v) is 4.05. The van der Waals surface area contributed by atoms with Gasteiger partial charge in [0.1, 0.15) is 0 Å². The molecule has 0 spiro atoms. The predicted molar refractivity (Wildman–Crippen MR) is 74.9 cm³/mol. The van der Waals surface area contributed by atoms with Crippen molar-refractivity contribution in [1.82, 2.24) is 0 Å². The molecule has 3 heteroatoms. The summed E-state index contributed by atoms with van der Waals surface area (Å²) in [6.45, 7) is 3.52. The van der Waals surface area contributed by atoms with Gasteiger partial charge in [-0.15, -0.1) is 11.3 Å². The number of rotatable bonds is 4. The van der Waals surface area contributed by atoms with Crippen molar-refractivity contribution in [1.29, 1.82) is 0 Å². The van der Waals surface area contributed by atoms with Crippen molar-refractivity contribution >= 4 is 17.3 Å². The highest BCUT2D eigenvalue weighted by Gasteiger charge is 2.27. The van der Waals surface area contributed by atoms with E-state index in [1.165, 1.54) is 10.4 Å². The first-order valence-electron chi connectivity index (χ1n) is 5.86. The summed E-state index contributed by atoms with van der Waals surface area (Å²) in [6.07, 6.45) is 0.569. The van der Waals surface area contributed by atoms with Gasteiger partial charge >= 0.3 is 5.97 Å². The van der Waals surface area contributed by atoms with Crippen molar-refractivity contribution in [3.63, 3.8) is 0 Å². The van der Waals surface area contributed by atoms with Crippen molar-refractivity contribution in [2.45, 2.75) is 20.3 Å². The van der Waals surface area contributed by atoms with Gasteiger partial charge in [0.05, 0.1) is 5.41 Å². The second-order valence-corrected chi connectivity index (χ2v) is 6.17. The summed E-state index contributed by atoms with van der Waals surface area (Å²) in [7, 11) is 0. The first kappa shape index (κ1) is 12.8. The van der Waals surface area contributed by atoms with Crippen LogP contribution in [0.5, 0.6) is 0 Å². The fourth-order valence-electron chi connectivity index (χ4n) is 1.74. The Balaban J connectivity index is 2.19. The van der Waals surface area contributed by atoms with Crippen LogP contribution in [-0.2, 0) is 11.2 Å². The minimum absolute atomic E-state index is 0.569. The number of hydrogen-bond acceptors (Lipinski definition) is 2. The zero-order valence-electron chi connectivity index (χ0n) is 10.5. The Morgan fingerprint density at radius 2 is 1.83 bits per heavy atom. The lowest BCUT2D eigenvalue weighted by atomic mass is 9.89. The van der Waals surface area contributed by atoms with Crippen molar-refractivity contribution in [3.8, 4) is 10.4 Å². The van der Waals surface area contributed by atoms with Gasteiger partial charge in [-0.25, -0.2) is 0 Å². The molecule has 0 atom stereocenters. The maximum absolute atomic E-state index is 11.1. The van der Waals surface area contributed by atoms with Crippen LogP contribution < -0.4 is 0 Å². The lowest BCUT2D eigenvalue weighted by Gasteiger charge is -2.17. The molecule has 18 heavy (non-hydrogen) atoms. The standard InChI is InChI=1S/C15H16O2S/c1-15(2,14(16)17)10-12-8-9-13(18-12)11-6-4-3-5-7-11/h3-9H,10H2,1-2H3,(H,16,17). The summed E-state index contributed by atoms with van der Waals surface area (Å²) < 4.78 is 0. The lowest BCUT2D eigenvalue weighted by molar-refractivity contribution is -0.146. The Bertz CT molecular complexity index is 541. The number of benzene rings is 1. The molecule has 0 saturated heterocycles. The number of carboxylic acids is 1. The van der Waals surface area contributed by atoms with Gasteiger partial charge in [0.2, 0.25) is 0 Å². The van der Waals surface area contributed by atoms with Gasteiger partial charge in [-0.05, 0) is 38.0 Å². The third-order valence-electron chi connectivity index (χ3n) is 2.92. The molecule has 0 unspecified atom stereocenters. The van der Waals surface area contributed by atoms with Crippen LogP contribution in [0.25, 0.3) is 10.4 Å². The van der Waals surface area contributed by atoms with Crippen molar-refractivity contribution in [2.24, 2.45) is 5.41 Å². The zero-order chi connectivity index (χ0) is 13.2. The van der Waals surface area contributed by atoms with Crippen LogP contribution in [0.1, 0.15) is 18.7 Å². The Morgan fingerprint density at radius 1 is 1.17 bits per heavy atom. The van der Waals surface area contributed by atoms with Gasteiger partial charge in [-0.1, -0.05) is 30.3 Å². The highest BCUT2D eigenvalue weighted by Crippen LogP contribution is 2.32. The summed E-state index contributed by atoms with van der Waals surface area (Å²) in [5, 5.41) is 9.13. The Morgan fingerprint density at radius 3 is 2.44 bits per heavy atom. The van der Waals surface area contributed by atoms with E-state index >= 15 is 0 Å². The smallest absolute Gasteiger partial charge is 0.309 e. The van der Waals surface area contributed by atoms with E-state index in [9.17, 15) is 4.79 Å². The SMILES string of the molecule is CC(C)(Cc1ccc(-c2ccccc2)s1)C(=O)O. The highest BCUT2D eigenvalue weighted by atomic mass is 32.1. The molecule has 1 heterocycles. The third kappa shape index (κ3) is 2.79. The van der Waals surface area contributed by atoms with E-state index in [2.05, 4.69) is 18.2 Å². The number of carbonyl (C=O) groups is 1. The molecule has 94 valence electrons. The van der Waals surface area contributed by atoms with Gasteiger partial charge in [0, 0.05) is 9.75 Å². The van der Waals surface area contributed by atoms with Crippen molar-refractivity contribution < 1.29 is 9.90 Å². The Labute approximate surface area is 111 Å². The number of thiophene rings is 1. The molecule has 1 aromatic heterocycles. The molecular weight excluding hydrogens is 244 g/mol. The number of carboxylic acid groups (broad SMARTS) is 1. The zero-order valence-corrected chi connectivity index (χ0v) is 11.3. The van der Waals surface area contributed by atoms with Gasteiger partial charge in [-0.2, -0.15) is 0 Å². The molecule has 0 radical (unpaired) electrons. The van der Waals surface area contributed by atoms with E-state index in [4.69, 9.17) is 5.11 Å². The van der Waals surface area contributed by atoms with Crippen LogP contribution in [0.3, 0.4) is 0 Å². The average molecular weight is 260 g/mol. The van der Waals surface area contributed by atoms with Gasteiger partial charge in [0.15, 0.2) is 0 Å². The largest absolute Gasteiger partial charge is 0.481 e. The summed E-state index contributed by atoms with van der Waals surface area (Å²) in [5.74, 6) is -0.753. The second kappa shape index (κ2) is 4.94. The van der Waals surface area contributed by atoms with E-state index in [-0.39, 0.29) is 0 Å². The quantitative estimate of drug-likeness (QED) is 0.899. The fourth-order valence-corrected chi connectivity index (χ4v) is 2.98. The molecule has 0 bridgehead atoms. The lowest BCUT2D eigenvalue weighted by Crippen LogP contribution is -2.25. The maximum Gasteiger partial charge on any atom is 0.309 e. The average Bonchev–Trinajstić information content (AvgIpc) is 2.78. The molecule has 0 aliphatic rings. The number of hydrogen-bond donors (Lipinski definition) is 1. The molecule has 0 fully saturated rings. The fraction of sp³-hybridized carbons (Fsp3) is 0.267. The molecule has 2 nitrogen and oxygen atoms in total. The minimum atomic E-state index is -0.753. The van der Waals surface area contributed by atoms with E-state index in [0.29, 0.717) is 6.42 Å². The summed E-state index contributed by atoms with van der Waals surface area (Å²) >= 11 is 1.67. The molecular formula is C15H16O2S. The molecule has 1 aromatic carbocycles. The van der Waals surface area contributed by atoms with E-state index < -0.39 is 11.4 Å². The molecule has 0 aliphatic heterocycles. The normalized spacial score (nSPS) is 11.4. The minimum Gasteiger partial charge on any atom is -0.481 e. The monoisotopic (exact) mass is 260 g/mol. The van der Waals surface area contributed by atoms with Crippen LogP contribution in [0.15, 0.2) is 42.5 Å². The second-order valence-electron chi connectivity index (χ2n) is 5.00. The Kier molecular flexibility index (Phi) is 3.53. The molecule has 2 rings (SSSR count). The van der Waals surface area contributed by atoms with Crippen LogP contribution in [0.2, 0.25) is 0 Å². The first-order valence-corrected chi connectivity index (χ1v) is 6.68. The molecule has 0 aliphatic carbocycles. The number of aliphatic carboxylic acids is 1. The summed E-state index contributed by atoms with van der Waals surface area (Å²) in [4.78, 5) is 13.4. The molecule has 0 amide bonds. The Hall–Kier alpha value is -1.61. The highest BCUT2D eigenvalue weighted by molar-refractivity contribution is 7.15. The van der Waals surface area contributed by atoms with E-state index in [0.717, 1.165) is 4.88 Å². The van der Waals surface area contributed by atoms with Crippen molar-refractivity contribution in [2.75, 3.05) is 0 Å². The van der Waals surface area contributed by atoms with Gasteiger partial charge < -0.3 is 5.11 Å². The van der Waals surface area contributed by atoms with Crippen LogP contribution in [0, 0.1) is 5.41 Å². The predicted octanol–water partition coefficient (Wildman–Crippen LogP) is 4.07. The van der Waals surface area contributed by atoms with Crippen LogP contribution in [0.4, 0.5) is 0 Å². The molecule has 1 N–H and O–H groups in total. The van der Waals surface area contributed by atoms with E-state index in [1.807, 2.05) is 24.3 Å². The molecule has 2 aromatic rings. The van der Waals surface area contributed by atoms with Gasteiger partial charge in [-0.3, -0.25) is 4.79 Å². The topological polar surface area (TPSA) is 37.3 Å². The van der Waals surface area contributed by atoms with Crippen LogP contribution >= 0.6 is 11.3 Å². The first-order chi connectivity index (χ1) is 8.49. The van der Waals surface area contributed by atoms with Crippen molar-refractivity contribution in [3.05, 3.63) is 47.3 Å². The summed E-state index contributed by atoms with van der Waals surface area (Å²) in [6, 6.07) is 14.2. The van der Waals surface area contributed by atoms with Gasteiger partial charge in [0.25, 0.3) is 0 Å². The van der Waals surface area contributed by atoms with Crippen LogP contribution in [-0.4, -0.2) is 11.1 Å². The maximum atomic E-state index is 11.1. The summed E-state index contributed by atoms with van der Waals surface area (Å²) in [5.41, 5.74) is 0.473. The van der Waals surface area contributed by atoms with E-state index in [1.54, 1.807) is 25.2 Å². The molecule has 0 saturated carbocycles.